The fourth-order valence-corrected chi connectivity index (χ4v) is 3.69. The summed E-state index contributed by atoms with van der Waals surface area (Å²) in [7, 11) is 0.996. The molecule has 1 aromatic rings. The SMILES string of the molecule is CCc1c(C)c2c(c(N(C)C(=O)C(F)(F)F)c1C/C=C(\C)CCC(=O)O)C(=O)OC2. The monoisotopic (exact) mass is 427 g/mol. The Labute approximate surface area is 172 Å². The summed E-state index contributed by atoms with van der Waals surface area (Å²) in [6, 6.07) is 0. The summed E-state index contributed by atoms with van der Waals surface area (Å²) >= 11 is 0. The minimum Gasteiger partial charge on any atom is -0.481 e. The number of carbonyl (C=O) groups excluding carboxylic acids is 2. The molecule has 1 N–H and O–H groups in total. The van der Waals surface area contributed by atoms with Crippen LogP contribution >= 0.6 is 0 Å². The number of cyclic esters (lactones) is 1. The number of amides is 1. The molecule has 1 heterocycles. The molecule has 0 saturated heterocycles. The van der Waals surface area contributed by atoms with Crippen LogP contribution in [0.15, 0.2) is 11.6 Å². The van der Waals surface area contributed by atoms with Crippen LogP contribution in [0.2, 0.25) is 0 Å². The zero-order valence-electron chi connectivity index (χ0n) is 17.3. The van der Waals surface area contributed by atoms with Gasteiger partial charge in [0.15, 0.2) is 0 Å². The number of ether oxygens (including phenoxy) is 1. The van der Waals surface area contributed by atoms with E-state index in [1.807, 2.05) is 6.92 Å². The van der Waals surface area contributed by atoms with Gasteiger partial charge in [0.2, 0.25) is 0 Å². The smallest absolute Gasteiger partial charge is 0.471 e. The highest BCUT2D eigenvalue weighted by atomic mass is 19.4. The Morgan fingerprint density at radius 2 is 1.87 bits per heavy atom. The van der Waals surface area contributed by atoms with Crippen molar-refractivity contribution in [2.24, 2.45) is 0 Å². The van der Waals surface area contributed by atoms with E-state index in [4.69, 9.17) is 9.84 Å². The van der Waals surface area contributed by atoms with Crippen LogP contribution in [0.1, 0.15) is 59.3 Å². The first-order valence-corrected chi connectivity index (χ1v) is 9.46. The molecule has 0 fully saturated rings. The molecule has 0 radical (unpaired) electrons. The maximum Gasteiger partial charge on any atom is 0.471 e. The lowest BCUT2D eigenvalue weighted by atomic mass is 9.87. The lowest BCUT2D eigenvalue weighted by Gasteiger charge is -2.26. The first kappa shape index (κ1) is 23.4. The Balaban J connectivity index is 2.67. The number of anilines is 1. The van der Waals surface area contributed by atoms with Crippen molar-refractivity contribution in [3.63, 3.8) is 0 Å². The number of halogens is 3. The standard InChI is InChI=1S/C21H24F3NO5/c1-5-13-12(3)15-10-30-19(28)17(15)18(25(4)20(29)21(22,23)24)14(13)8-6-11(2)7-9-16(26)27/h6H,5,7-10H2,1-4H3,(H,26,27)/b11-6+. The van der Waals surface area contributed by atoms with Crippen molar-refractivity contribution < 1.29 is 37.4 Å². The summed E-state index contributed by atoms with van der Waals surface area (Å²) in [6.45, 7) is 5.29. The summed E-state index contributed by atoms with van der Waals surface area (Å²) < 4.78 is 44.5. The van der Waals surface area contributed by atoms with E-state index in [0.717, 1.165) is 23.7 Å². The molecule has 9 heteroatoms. The summed E-state index contributed by atoms with van der Waals surface area (Å²) in [6.07, 6.45) is -2.54. The van der Waals surface area contributed by atoms with E-state index in [9.17, 15) is 27.6 Å². The Morgan fingerprint density at radius 3 is 2.40 bits per heavy atom. The summed E-state index contributed by atoms with van der Waals surface area (Å²) in [4.78, 5) is 35.6. The van der Waals surface area contributed by atoms with Gasteiger partial charge < -0.3 is 14.7 Å². The minimum atomic E-state index is -5.11. The van der Waals surface area contributed by atoms with Gasteiger partial charge in [-0.3, -0.25) is 9.59 Å². The average Bonchev–Trinajstić information content (AvgIpc) is 3.04. The van der Waals surface area contributed by atoms with Gasteiger partial charge in [-0.1, -0.05) is 18.6 Å². The number of hydrogen-bond acceptors (Lipinski definition) is 4. The Morgan fingerprint density at radius 1 is 1.23 bits per heavy atom. The van der Waals surface area contributed by atoms with Crippen LogP contribution < -0.4 is 4.90 Å². The maximum absolute atomic E-state index is 13.1. The van der Waals surface area contributed by atoms with E-state index in [0.29, 0.717) is 22.4 Å². The number of carboxylic acids is 1. The van der Waals surface area contributed by atoms with Crippen molar-refractivity contribution in [1.82, 2.24) is 0 Å². The van der Waals surface area contributed by atoms with Crippen LogP contribution in [0.4, 0.5) is 18.9 Å². The van der Waals surface area contributed by atoms with E-state index < -0.39 is 24.0 Å². The number of nitrogens with zero attached hydrogens (tertiary/aromatic N) is 1. The van der Waals surface area contributed by atoms with Crippen LogP contribution in [-0.4, -0.2) is 36.2 Å². The highest BCUT2D eigenvalue weighted by Crippen LogP contribution is 2.40. The van der Waals surface area contributed by atoms with Gasteiger partial charge in [0.25, 0.3) is 0 Å². The molecule has 0 spiro atoms. The molecule has 30 heavy (non-hydrogen) atoms. The number of rotatable bonds is 7. The number of hydrogen-bond donors (Lipinski definition) is 1. The Kier molecular flexibility index (Phi) is 6.95. The number of benzene rings is 1. The molecule has 1 aliphatic rings. The lowest BCUT2D eigenvalue weighted by Crippen LogP contribution is -2.40. The number of allylic oxidation sites excluding steroid dienone is 2. The van der Waals surface area contributed by atoms with Crippen LogP contribution in [0.5, 0.6) is 0 Å². The third kappa shape index (κ3) is 4.66. The molecule has 2 rings (SSSR count). The zero-order chi connectivity index (χ0) is 22.8. The topological polar surface area (TPSA) is 83.9 Å². The Hall–Kier alpha value is -2.84. The lowest BCUT2D eigenvalue weighted by molar-refractivity contribution is -0.170. The first-order chi connectivity index (χ1) is 13.9. The number of alkyl halides is 3. The van der Waals surface area contributed by atoms with Crippen molar-refractivity contribution in [1.29, 1.82) is 0 Å². The normalized spacial score (nSPS) is 13.8. The summed E-state index contributed by atoms with van der Waals surface area (Å²) in [5.74, 6) is -3.80. The average molecular weight is 427 g/mol. The molecule has 0 saturated carbocycles. The van der Waals surface area contributed by atoms with Crippen molar-refractivity contribution in [3.8, 4) is 0 Å². The van der Waals surface area contributed by atoms with Gasteiger partial charge in [0, 0.05) is 19.0 Å². The molecule has 0 bridgehead atoms. The zero-order valence-corrected chi connectivity index (χ0v) is 17.3. The van der Waals surface area contributed by atoms with E-state index in [2.05, 4.69) is 0 Å². The van der Waals surface area contributed by atoms with Gasteiger partial charge in [0.1, 0.15) is 6.61 Å². The number of carboxylic acid groups (broad SMARTS) is 1. The molecular weight excluding hydrogens is 403 g/mol. The van der Waals surface area contributed by atoms with E-state index in [1.54, 1.807) is 19.9 Å². The third-order valence-corrected chi connectivity index (χ3v) is 5.27. The van der Waals surface area contributed by atoms with E-state index >= 15 is 0 Å². The highest BCUT2D eigenvalue weighted by Gasteiger charge is 2.44. The molecule has 6 nitrogen and oxygen atoms in total. The van der Waals surface area contributed by atoms with E-state index in [1.165, 1.54) is 0 Å². The van der Waals surface area contributed by atoms with Crippen LogP contribution in [-0.2, 0) is 33.8 Å². The van der Waals surface area contributed by atoms with Gasteiger partial charge in [0.05, 0.1) is 11.3 Å². The second-order valence-corrected chi connectivity index (χ2v) is 7.22. The molecule has 164 valence electrons. The molecule has 1 aliphatic heterocycles. The van der Waals surface area contributed by atoms with Crippen molar-refractivity contribution in [2.45, 2.75) is 59.2 Å². The quantitative estimate of drug-likeness (QED) is 0.523. The van der Waals surface area contributed by atoms with Crippen molar-refractivity contribution in [2.75, 3.05) is 11.9 Å². The predicted octanol–water partition coefficient (Wildman–Crippen LogP) is 4.11. The van der Waals surface area contributed by atoms with Crippen LogP contribution in [0, 0.1) is 6.92 Å². The van der Waals surface area contributed by atoms with Crippen molar-refractivity contribution in [3.05, 3.63) is 39.5 Å². The maximum atomic E-state index is 13.1. The minimum absolute atomic E-state index is 0.0172. The molecule has 0 atom stereocenters. The summed E-state index contributed by atoms with van der Waals surface area (Å²) in [5.41, 5.74) is 3.05. The molecule has 1 aromatic carbocycles. The molecule has 0 aliphatic carbocycles. The number of fused-ring (bicyclic) bond motifs is 1. The van der Waals surface area contributed by atoms with Gasteiger partial charge in [-0.15, -0.1) is 0 Å². The molecule has 1 amide bonds. The number of aliphatic carboxylic acids is 1. The predicted molar refractivity (Wildman–Crippen MR) is 103 cm³/mol. The van der Waals surface area contributed by atoms with Gasteiger partial charge in [-0.05, 0) is 49.8 Å². The van der Waals surface area contributed by atoms with Gasteiger partial charge in [-0.2, -0.15) is 13.2 Å². The second kappa shape index (κ2) is 8.89. The Bertz CT molecular complexity index is 918. The van der Waals surface area contributed by atoms with Gasteiger partial charge in [-0.25, -0.2) is 4.79 Å². The number of esters is 1. The first-order valence-electron chi connectivity index (χ1n) is 9.46. The number of carbonyl (C=O) groups is 3. The van der Waals surface area contributed by atoms with Crippen molar-refractivity contribution >= 4 is 23.5 Å². The summed E-state index contributed by atoms with van der Waals surface area (Å²) in [5, 5.41) is 8.83. The van der Waals surface area contributed by atoms with Gasteiger partial charge >= 0.3 is 24.0 Å². The van der Waals surface area contributed by atoms with Crippen LogP contribution in [0.3, 0.4) is 0 Å². The molecular formula is C21H24F3NO5. The fraction of sp³-hybridized carbons (Fsp3) is 0.476. The fourth-order valence-electron chi connectivity index (χ4n) is 3.69. The second-order valence-electron chi connectivity index (χ2n) is 7.22. The van der Waals surface area contributed by atoms with Crippen LogP contribution in [0.25, 0.3) is 0 Å². The highest BCUT2D eigenvalue weighted by molar-refractivity contribution is 6.07. The molecule has 0 aromatic heterocycles. The largest absolute Gasteiger partial charge is 0.481 e. The molecule has 0 unspecified atom stereocenters. The third-order valence-electron chi connectivity index (χ3n) is 5.27. The van der Waals surface area contributed by atoms with E-state index in [-0.39, 0.29) is 37.1 Å².